The molecular weight excluding hydrogens is 342 g/mol. The first kappa shape index (κ1) is 16.8. The zero-order valence-electron chi connectivity index (χ0n) is 13.3. The predicted octanol–water partition coefficient (Wildman–Crippen LogP) is 2.48. The number of aromatic amines is 1. The molecule has 0 aliphatic rings. The number of benzene rings is 2. The fourth-order valence-corrected chi connectivity index (χ4v) is 3.87. The number of sulfone groups is 1. The lowest BCUT2D eigenvalue weighted by Gasteiger charge is -2.09. The van der Waals surface area contributed by atoms with Crippen molar-refractivity contribution >= 4 is 15.8 Å². The molecule has 0 aliphatic heterocycles. The van der Waals surface area contributed by atoms with Gasteiger partial charge in [-0.05, 0) is 25.1 Å². The molecule has 3 rings (SSSR count). The van der Waals surface area contributed by atoms with Gasteiger partial charge in [-0.2, -0.15) is 10.3 Å². The van der Waals surface area contributed by atoms with Crippen LogP contribution in [0.15, 0.2) is 64.4 Å². The summed E-state index contributed by atoms with van der Waals surface area (Å²) in [5.41, 5.74) is 0.356. The molecule has 0 spiro atoms. The van der Waals surface area contributed by atoms with E-state index >= 15 is 0 Å². The van der Waals surface area contributed by atoms with Gasteiger partial charge in [0.15, 0.2) is 5.69 Å². The summed E-state index contributed by atoms with van der Waals surface area (Å²) in [6.45, 7) is 1.85. The predicted molar refractivity (Wildman–Crippen MR) is 89.7 cm³/mol. The van der Waals surface area contributed by atoms with Gasteiger partial charge in [0.05, 0.1) is 16.4 Å². The van der Waals surface area contributed by atoms with Crippen molar-refractivity contribution in [3.8, 4) is 11.3 Å². The van der Waals surface area contributed by atoms with Crippen molar-refractivity contribution in [1.82, 2.24) is 15.4 Å². The van der Waals surface area contributed by atoms with E-state index in [1.165, 1.54) is 18.2 Å². The summed E-state index contributed by atoms with van der Waals surface area (Å²) in [5, 5.41) is 10.1. The molecule has 1 aromatic heterocycles. The molecule has 0 saturated heterocycles. The van der Waals surface area contributed by atoms with Crippen molar-refractivity contribution in [3.05, 3.63) is 60.3 Å². The standard InChI is InChI=1S/C17H15N3O4S/c1-2-24-17(21)16-15(18-20-19-16)13-10-6-7-11-14(13)25(22,23)12-8-4-3-5-9-12/h3-11H,2H2,1H3,(H,18,19,20). The maximum atomic E-state index is 13.0. The molecule has 0 unspecified atom stereocenters. The van der Waals surface area contributed by atoms with Crippen molar-refractivity contribution in [2.45, 2.75) is 16.7 Å². The summed E-state index contributed by atoms with van der Waals surface area (Å²) in [6, 6.07) is 14.4. The third-order valence-corrected chi connectivity index (χ3v) is 5.33. The van der Waals surface area contributed by atoms with Crippen molar-refractivity contribution in [2.75, 3.05) is 6.61 Å². The van der Waals surface area contributed by atoms with Crippen LogP contribution in [-0.2, 0) is 14.6 Å². The second-order valence-electron chi connectivity index (χ2n) is 5.05. The molecule has 7 nitrogen and oxygen atoms in total. The number of rotatable bonds is 5. The topological polar surface area (TPSA) is 102 Å². The number of esters is 1. The van der Waals surface area contributed by atoms with E-state index in [0.29, 0.717) is 0 Å². The van der Waals surface area contributed by atoms with E-state index in [1.54, 1.807) is 43.3 Å². The fraction of sp³-hybridized carbons (Fsp3) is 0.118. The molecule has 0 saturated carbocycles. The smallest absolute Gasteiger partial charge is 0.361 e. The largest absolute Gasteiger partial charge is 0.461 e. The van der Waals surface area contributed by atoms with Gasteiger partial charge in [0.1, 0.15) is 5.69 Å². The Bertz CT molecular complexity index is 997. The highest BCUT2D eigenvalue weighted by Gasteiger charge is 2.26. The molecule has 1 heterocycles. The van der Waals surface area contributed by atoms with Crippen LogP contribution in [0.3, 0.4) is 0 Å². The minimum Gasteiger partial charge on any atom is -0.461 e. The Hall–Kier alpha value is -3.00. The highest BCUT2D eigenvalue weighted by atomic mass is 32.2. The Morgan fingerprint density at radius 3 is 2.44 bits per heavy atom. The maximum Gasteiger partial charge on any atom is 0.361 e. The van der Waals surface area contributed by atoms with E-state index in [9.17, 15) is 13.2 Å². The van der Waals surface area contributed by atoms with Gasteiger partial charge in [-0.3, -0.25) is 0 Å². The van der Waals surface area contributed by atoms with Crippen molar-refractivity contribution in [1.29, 1.82) is 0 Å². The highest BCUT2D eigenvalue weighted by Crippen LogP contribution is 2.31. The molecular formula is C17H15N3O4S. The fourth-order valence-electron chi connectivity index (χ4n) is 2.38. The number of H-pyrrole nitrogens is 1. The first-order chi connectivity index (χ1) is 12.1. The van der Waals surface area contributed by atoms with Gasteiger partial charge in [0.25, 0.3) is 0 Å². The molecule has 0 bridgehead atoms. The van der Waals surface area contributed by atoms with E-state index in [4.69, 9.17) is 4.74 Å². The third-order valence-electron chi connectivity index (χ3n) is 3.50. The summed E-state index contributed by atoms with van der Waals surface area (Å²) in [5.74, 6) is -0.668. The van der Waals surface area contributed by atoms with Crippen LogP contribution in [-0.4, -0.2) is 36.4 Å². The van der Waals surface area contributed by atoms with Crippen LogP contribution in [0.4, 0.5) is 0 Å². The molecule has 0 atom stereocenters. The van der Waals surface area contributed by atoms with Gasteiger partial charge < -0.3 is 4.74 Å². The summed E-state index contributed by atoms with van der Waals surface area (Å²) in [4.78, 5) is 12.2. The van der Waals surface area contributed by atoms with Crippen LogP contribution in [0.1, 0.15) is 17.4 Å². The molecule has 0 aliphatic carbocycles. The van der Waals surface area contributed by atoms with Crippen LogP contribution in [0, 0.1) is 0 Å². The Morgan fingerprint density at radius 1 is 1.04 bits per heavy atom. The first-order valence-electron chi connectivity index (χ1n) is 7.53. The van der Waals surface area contributed by atoms with Crippen LogP contribution < -0.4 is 0 Å². The number of hydrogen-bond acceptors (Lipinski definition) is 6. The average molecular weight is 357 g/mol. The van der Waals surface area contributed by atoms with Gasteiger partial charge in [0, 0.05) is 5.56 Å². The molecule has 2 aromatic carbocycles. The second-order valence-corrected chi connectivity index (χ2v) is 6.97. The number of nitrogens with zero attached hydrogens (tertiary/aromatic N) is 2. The van der Waals surface area contributed by atoms with Crippen LogP contribution in [0.25, 0.3) is 11.3 Å². The summed E-state index contributed by atoms with van der Waals surface area (Å²) in [7, 11) is -3.78. The summed E-state index contributed by atoms with van der Waals surface area (Å²) < 4.78 is 30.9. The van der Waals surface area contributed by atoms with E-state index in [-0.39, 0.29) is 33.3 Å². The van der Waals surface area contributed by atoms with Crippen molar-refractivity contribution in [2.24, 2.45) is 0 Å². The minimum absolute atomic E-state index is 0.0423. The Kier molecular flexibility index (Phi) is 4.62. The first-order valence-corrected chi connectivity index (χ1v) is 9.01. The number of carbonyl (C=O) groups excluding carboxylic acids is 1. The molecule has 1 N–H and O–H groups in total. The van der Waals surface area contributed by atoms with Gasteiger partial charge >= 0.3 is 5.97 Å². The van der Waals surface area contributed by atoms with Gasteiger partial charge in [-0.15, -0.1) is 5.10 Å². The SMILES string of the molecule is CCOC(=O)c1n[nH]nc1-c1ccccc1S(=O)(=O)c1ccccc1. The highest BCUT2D eigenvalue weighted by molar-refractivity contribution is 7.91. The number of nitrogens with one attached hydrogen (secondary N) is 1. The number of hydrogen-bond donors (Lipinski definition) is 1. The summed E-state index contributed by atoms with van der Waals surface area (Å²) in [6.07, 6.45) is 0. The van der Waals surface area contributed by atoms with E-state index in [0.717, 1.165) is 0 Å². The Balaban J connectivity index is 2.16. The number of carbonyl (C=O) groups is 1. The Labute approximate surface area is 144 Å². The van der Waals surface area contributed by atoms with Gasteiger partial charge in [-0.1, -0.05) is 36.4 Å². The minimum atomic E-state index is -3.78. The van der Waals surface area contributed by atoms with Gasteiger partial charge in [0.2, 0.25) is 9.84 Å². The normalized spacial score (nSPS) is 11.2. The van der Waals surface area contributed by atoms with E-state index in [2.05, 4.69) is 15.4 Å². The van der Waals surface area contributed by atoms with Gasteiger partial charge in [-0.25, -0.2) is 13.2 Å². The zero-order valence-corrected chi connectivity index (χ0v) is 14.2. The third kappa shape index (κ3) is 3.16. The maximum absolute atomic E-state index is 13.0. The quantitative estimate of drug-likeness (QED) is 0.704. The van der Waals surface area contributed by atoms with Crippen LogP contribution in [0.5, 0.6) is 0 Å². The molecule has 25 heavy (non-hydrogen) atoms. The monoisotopic (exact) mass is 357 g/mol. The molecule has 0 amide bonds. The second kappa shape index (κ2) is 6.86. The lowest BCUT2D eigenvalue weighted by atomic mass is 10.1. The lowest BCUT2D eigenvalue weighted by Crippen LogP contribution is -2.09. The number of aromatic nitrogens is 3. The molecule has 3 aromatic rings. The van der Waals surface area contributed by atoms with Crippen molar-refractivity contribution < 1.29 is 17.9 Å². The average Bonchev–Trinajstić information content (AvgIpc) is 3.12. The Morgan fingerprint density at radius 2 is 1.72 bits per heavy atom. The molecule has 0 fully saturated rings. The molecule has 128 valence electrons. The van der Waals surface area contributed by atoms with Crippen molar-refractivity contribution in [3.63, 3.8) is 0 Å². The summed E-state index contributed by atoms with van der Waals surface area (Å²) >= 11 is 0. The molecule has 8 heteroatoms. The van der Waals surface area contributed by atoms with E-state index in [1.807, 2.05) is 0 Å². The zero-order chi connectivity index (χ0) is 17.9. The lowest BCUT2D eigenvalue weighted by molar-refractivity contribution is 0.0520. The molecule has 0 radical (unpaired) electrons. The number of ether oxygens (including phenoxy) is 1. The van der Waals surface area contributed by atoms with Crippen LogP contribution >= 0.6 is 0 Å². The van der Waals surface area contributed by atoms with E-state index < -0.39 is 15.8 Å². The van der Waals surface area contributed by atoms with Crippen LogP contribution in [0.2, 0.25) is 0 Å².